The maximum Gasteiger partial charge on any atom is 0.257 e. The molecule has 1 heterocycles. The lowest BCUT2D eigenvalue weighted by Crippen LogP contribution is -2.14. The fourth-order valence-electron chi connectivity index (χ4n) is 2.96. The molecule has 0 aliphatic rings. The Balaban J connectivity index is 1.33. The molecule has 0 unspecified atom stereocenters. The van der Waals surface area contributed by atoms with Crippen LogP contribution < -0.4 is 10.6 Å². The summed E-state index contributed by atoms with van der Waals surface area (Å²) < 4.78 is 0. The van der Waals surface area contributed by atoms with Gasteiger partial charge in [0, 0.05) is 26.5 Å². The van der Waals surface area contributed by atoms with Gasteiger partial charge < -0.3 is 10.6 Å². The highest BCUT2D eigenvalue weighted by Crippen LogP contribution is 2.31. The number of benzene rings is 3. The lowest BCUT2D eigenvalue weighted by atomic mass is 10.2. The molecule has 4 aromatic rings. The number of amides is 2. The van der Waals surface area contributed by atoms with E-state index in [9.17, 15) is 9.59 Å². The van der Waals surface area contributed by atoms with Crippen LogP contribution in [0.5, 0.6) is 0 Å². The lowest BCUT2D eigenvalue weighted by molar-refractivity contribution is -0.113. The number of carbonyl (C=O) groups is 2. The number of hydrogen-bond acceptors (Lipinski definition) is 5. The first-order valence-corrected chi connectivity index (χ1v) is 13.4. The number of hydrogen-bond donors (Lipinski definition) is 2. The Morgan fingerprint density at radius 1 is 0.886 bits per heavy atom. The van der Waals surface area contributed by atoms with E-state index in [1.165, 1.54) is 29.2 Å². The van der Waals surface area contributed by atoms with Gasteiger partial charge in [-0.05, 0) is 48.5 Å². The summed E-state index contributed by atoms with van der Waals surface area (Å²) in [7, 11) is 0. The molecule has 0 aliphatic carbocycles. The second-order valence-corrected chi connectivity index (χ2v) is 10.7. The van der Waals surface area contributed by atoms with Crippen molar-refractivity contribution in [2.45, 2.75) is 4.90 Å². The van der Waals surface area contributed by atoms with E-state index in [2.05, 4.69) is 15.6 Å². The number of carbonyl (C=O) groups excluding carboxylic acids is 2. The van der Waals surface area contributed by atoms with E-state index >= 15 is 0 Å². The minimum absolute atomic E-state index is 0.169. The van der Waals surface area contributed by atoms with Gasteiger partial charge in [-0.25, -0.2) is 4.98 Å². The van der Waals surface area contributed by atoms with Crippen molar-refractivity contribution in [3.63, 3.8) is 0 Å². The van der Waals surface area contributed by atoms with Crippen molar-refractivity contribution in [3.05, 3.63) is 91.7 Å². The topological polar surface area (TPSA) is 71.1 Å². The zero-order valence-corrected chi connectivity index (χ0v) is 22.3. The maximum atomic E-state index is 12.5. The molecule has 0 saturated carbocycles. The van der Waals surface area contributed by atoms with Gasteiger partial charge in [0.2, 0.25) is 5.91 Å². The van der Waals surface area contributed by atoms with Gasteiger partial charge in [0.1, 0.15) is 0 Å². The molecule has 0 spiro atoms. The SMILES string of the molecule is O=C(CSc1cccc(NC(=O)c2ccc(Cl)cc2Cl)c1)Nc1nc(-c2ccc(Cl)c(Cl)c2)cs1. The molecule has 0 saturated heterocycles. The van der Waals surface area contributed by atoms with Gasteiger partial charge in [-0.15, -0.1) is 23.1 Å². The van der Waals surface area contributed by atoms with E-state index in [1.54, 1.807) is 42.5 Å². The summed E-state index contributed by atoms with van der Waals surface area (Å²) in [5, 5.41) is 9.55. The molecule has 0 atom stereocenters. The summed E-state index contributed by atoms with van der Waals surface area (Å²) in [6.07, 6.45) is 0. The molecular formula is C24H15Cl4N3O2S2. The number of thiazole rings is 1. The van der Waals surface area contributed by atoms with Crippen molar-refractivity contribution in [1.29, 1.82) is 0 Å². The fraction of sp³-hybridized carbons (Fsp3) is 0.0417. The van der Waals surface area contributed by atoms with Crippen molar-refractivity contribution in [2.24, 2.45) is 0 Å². The van der Waals surface area contributed by atoms with Crippen LogP contribution in [-0.4, -0.2) is 22.6 Å². The third-order valence-electron chi connectivity index (χ3n) is 4.60. The van der Waals surface area contributed by atoms with Crippen LogP contribution >= 0.6 is 69.5 Å². The lowest BCUT2D eigenvalue weighted by Gasteiger charge is -2.09. The van der Waals surface area contributed by atoms with Gasteiger partial charge in [-0.1, -0.05) is 58.5 Å². The van der Waals surface area contributed by atoms with Crippen LogP contribution in [0.3, 0.4) is 0 Å². The number of aromatic nitrogens is 1. The molecule has 0 aliphatic heterocycles. The molecule has 0 bridgehead atoms. The van der Waals surface area contributed by atoms with Crippen LogP contribution in [0.2, 0.25) is 20.1 Å². The highest BCUT2D eigenvalue weighted by molar-refractivity contribution is 8.00. The minimum atomic E-state index is -0.354. The zero-order chi connectivity index (χ0) is 24.9. The normalized spacial score (nSPS) is 10.7. The first-order chi connectivity index (χ1) is 16.8. The van der Waals surface area contributed by atoms with Crippen molar-refractivity contribution >= 4 is 92.1 Å². The largest absolute Gasteiger partial charge is 0.322 e. The average Bonchev–Trinajstić information content (AvgIpc) is 3.28. The third-order valence-corrected chi connectivity index (χ3v) is 7.64. The minimum Gasteiger partial charge on any atom is -0.322 e. The molecule has 1 aromatic heterocycles. The van der Waals surface area contributed by atoms with Gasteiger partial charge in [0.05, 0.1) is 32.1 Å². The van der Waals surface area contributed by atoms with Gasteiger partial charge in [0.25, 0.3) is 5.91 Å². The molecule has 0 radical (unpaired) electrons. The molecule has 5 nitrogen and oxygen atoms in total. The first-order valence-electron chi connectivity index (χ1n) is 9.98. The van der Waals surface area contributed by atoms with Crippen molar-refractivity contribution < 1.29 is 9.59 Å². The Morgan fingerprint density at radius 3 is 2.49 bits per heavy atom. The van der Waals surface area contributed by atoms with Gasteiger partial charge in [-0.2, -0.15) is 0 Å². The second-order valence-electron chi connectivity index (χ2n) is 7.11. The van der Waals surface area contributed by atoms with E-state index in [0.717, 1.165) is 10.5 Å². The average molecular weight is 583 g/mol. The molecule has 11 heteroatoms. The fourth-order valence-corrected chi connectivity index (χ4v) is 5.24. The molecule has 178 valence electrons. The Morgan fingerprint density at radius 2 is 1.71 bits per heavy atom. The number of thioether (sulfide) groups is 1. The maximum absolute atomic E-state index is 12.5. The number of nitrogens with one attached hydrogen (secondary N) is 2. The quantitative estimate of drug-likeness (QED) is 0.215. The van der Waals surface area contributed by atoms with Crippen molar-refractivity contribution in [2.75, 3.05) is 16.4 Å². The Kier molecular flexibility index (Phi) is 8.59. The standard InChI is InChI=1S/C24H15Cl4N3O2S2/c25-14-5-6-17(19(27)9-14)23(33)29-15-2-1-3-16(10-15)34-12-22(32)31-24-30-21(11-35-24)13-4-7-18(26)20(28)8-13/h1-11H,12H2,(H,29,33)(H,30,31,32). The highest BCUT2D eigenvalue weighted by atomic mass is 35.5. The van der Waals surface area contributed by atoms with Gasteiger partial charge in [0.15, 0.2) is 5.13 Å². The molecule has 2 N–H and O–H groups in total. The van der Waals surface area contributed by atoms with Crippen LogP contribution in [0.15, 0.2) is 70.9 Å². The Hall–Kier alpha value is -2.26. The molecule has 35 heavy (non-hydrogen) atoms. The van der Waals surface area contributed by atoms with Gasteiger partial charge in [-0.3, -0.25) is 9.59 Å². The molecular weight excluding hydrogens is 568 g/mol. The summed E-state index contributed by atoms with van der Waals surface area (Å²) in [5.41, 5.74) is 2.40. The molecule has 3 aromatic carbocycles. The van der Waals surface area contributed by atoms with E-state index in [1.807, 2.05) is 17.5 Å². The summed E-state index contributed by atoms with van der Waals surface area (Å²) in [5.74, 6) is -0.386. The zero-order valence-electron chi connectivity index (χ0n) is 17.7. The molecule has 4 rings (SSSR count). The number of anilines is 2. The van der Waals surface area contributed by atoms with Crippen LogP contribution in [0.4, 0.5) is 10.8 Å². The predicted octanol–water partition coefficient (Wildman–Crippen LogP) is 8.41. The Labute approximate surface area is 229 Å². The van der Waals surface area contributed by atoms with Crippen LogP contribution in [-0.2, 0) is 4.79 Å². The van der Waals surface area contributed by atoms with E-state index in [0.29, 0.717) is 37.1 Å². The van der Waals surface area contributed by atoms with Crippen LogP contribution in [0.1, 0.15) is 10.4 Å². The van der Waals surface area contributed by atoms with E-state index < -0.39 is 0 Å². The second kappa shape index (κ2) is 11.6. The van der Waals surface area contributed by atoms with Gasteiger partial charge >= 0.3 is 0 Å². The third kappa shape index (κ3) is 6.91. The van der Waals surface area contributed by atoms with Crippen LogP contribution in [0, 0.1) is 0 Å². The smallest absolute Gasteiger partial charge is 0.257 e. The summed E-state index contributed by atoms with van der Waals surface area (Å²) in [6, 6.07) is 17.1. The highest BCUT2D eigenvalue weighted by Gasteiger charge is 2.13. The number of rotatable bonds is 7. The van der Waals surface area contributed by atoms with E-state index in [-0.39, 0.29) is 22.6 Å². The predicted molar refractivity (Wildman–Crippen MR) is 148 cm³/mol. The summed E-state index contributed by atoms with van der Waals surface area (Å²) in [4.78, 5) is 30.2. The number of nitrogens with zero attached hydrogens (tertiary/aromatic N) is 1. The monoisotopic (exact) mass is 581 g/mol. The number of halogens is 4. The first kappa shape index (κ1) is 25.8. The summed E-state index contributed by atoms with van der Waals surface area (Å²) in [6.45, 7) is 0. The molecule has 0 fully saturated rings. The molecule has 2 amide bonds. The van der Waals surface area contributed by atoms with Crippen molar-refractivity contribution in [1.82, 2.24) is 4.98 Å². The van der Waals surface area contributed by atoms with E-state index in [4.69, 9.17) is 46.4 Å². The van der Waals surface area contributed by atoms with Crippen LogP contribution in [0.25, 0.3) is 11.3 Å². The van der Waals surface area contributed by atoms with Crippen molar-refractivity contribution in [3.8, 4) is 11.3 Å². The summed E-state index contributed by atoms with van der Waals surface area (Å²) >= 11 is 26.7. The Bertz CT molecular complexity index is 1410.